The van der Waals surface area contributed by atoms with E-state index in [2.05, 4.69) is 26.0 Å². The Morgan fingerprint density at radius 1 is 1.07 bits per heavy atom. The number of fused-ring (bicyclic) bond motifs is 1. The molecule has 10 heteroatoms. The molecule has 1 atom stereocenters. The second-order valence-corrected chi connectivity index (χ2v) is 10.9. The van der Waals surface area contributed by atoms with Crippen LogP contribution < -0.4 is 19.5 Å². The fraction of sp³-hybridized carbons (Fsp3) is 0.150. The average Bonchev–Trinajstić information content (AvgIpc) is 3.37. The van der Waals surface area contributed by atoms with Crippen LogP contribution in [0.15, 0.2) is 68.7 Å². The molecule has 4 rings (SSSR count). The summed E-state index contributed by atoms with van der Waals surface area (Å²) in [6.07, 6.45) is 0.197. The van der Waals surface area contributed by atoms with Crippen LogP contribution in [0, 0.1) is 0 Å². The number of anilines is 1. The Labute approximate surface area is 186 Å². The quantitative estimate of drug-likeness (QED) is 0.506. The maximum Gasteiger partial charge on any atom is 0.250 e. The zero-order chi connectivity index (χ0) is 21.1. The van der Waals surface area contributed by atoms with Gasteiger partial charge in [-0.25, -0.2) is 8.42 Å². The Morgan fingerprint density at radius 2 is 1.83 bits per heavy atom. The predicted molar refractivity (Wildman–Crippen MR) is 117 cm³/mol. The van der Waals surface area contributed by atoms with Gasteiger partial charge in [0, 0.05) is 11.8 Å². The van der Waals surface area contributed by atoms with E-state index in [0.29, 0.717) is 21.0 Å². The monoisotopic (exact) mass is 508 g/mol. The number of carbonyl (C=O) groups excluding carboxylic acids is 1. The molecule has 2 aromatic carbocycles. The summed E-state index contributed by atoms with van der Waals surface area (Å²) in [5.41, 5.74) is 1.32. The van der Waals surface area contributed by atoms with Gasteiger partial charge in [-0.05, 0) is 52.2 Å². The van der Waals surface area contributed by atoms with Crippen LogP contribution in [0.2, 0.25) is 0 Å². The second kappa shape index (κ2) is 8.76. The van der Waals surface area contributed by atoms with Crippen LogP contribution in [0.3, 0.4) is 0 Å². The molecule has 156 valence electrons. The Hall–Kier alpha value is -2.40. The molecule has 1 aliphatic heterocycles. The maximum atomic E-state index is 13.0. The fourth-order valence-electron chi connectivity index (χ4n) is 2.93. The van der Waals surface area contributed by atoms with E-state index in [1.807, 2.05) is 30.3 Å². The summed E-state index contributed by atoms with van der Waals surface area (Å²) in [7, 11) is -3.87. The first kappa shape index (κ1) is 20.9. The molecule has 0 spiro atoms. The molecule has 30 heavy (non-hydrogen) atoms. The number of carbonyl (C=O) groups is 1. The number of sulfonamides is 1. The highest BCUT2D eigenvalue weighted by atomic mass is 79.9. The van der Waals surface area contributed by atoms with Gasteiger partial charge >= 0.3 is 0 Å². The van der Waals surface area contributed by atoms with E-state index in [0.717, 1.165) is 16.9 Å². The summed E-state index contributed by atoms with van der Waals surface area (Å²) in [5.74, 6) is 0.645. The number of benzene rings is 2. The lowest BCUT2D eigenvalue weighted by atomic mass is 10.1. The second-order valence-electron chi connectivity index (χ2n) is 6.48. The summed E-state index contributed by atoms with van der Waals surface area (Å²) >= 11 is 4.34. The maximum absolute atomic E-state index is 13.0. The molecule has 0 bridgehead atoms. The third kappa shape index (κ3) is 4.84. The van der Waals surface area contributed by atoms with Gasteiger partial charge in [0.15, 0.2) is 11.5 Å². The highest BCUT2D eigenvalue weighted by Gasteiger charge is 2.27. The minimum atomic E-state index is -3.87. The first-order chi connectivity index (χ1) is 14.4. The fourth-order valence-corrected chi connectivity index (χ4v) is 6.15. The average molecular weight is 509 g/mol. The van der Waals surface area contributed by atoms with Crippen LogP contribution in [0.25, 0.3) is 0 Å². The number of halogens is 1. The zero-order valence-electron chi connectivity index (χ0n) is 15.5. The number of thiophene rings is 1. The van der Waals surface area contributed by atoms with Crippen LogP contribution in [0.1, 0.15) is 5.56 Å². The van der Waals surface area contributed by atoms with E-state index in [1.54, 1.807) is 24.3 Å². The van der Waals surface area contributed by atoms with Gasteiger partial charge in [0.05, 0.1) is 3.79 Å². The van der Waals surface area contributed by atoms with Crippen molar-refractivity contribution in [2.24, 2.45) is 0 Å². The summed E-state index contributed by atoms with van der Waals surface area (Å²) in [5, 5.41) is 2.76. The molecule has 0 fully saturated rings. The third-order valence-electron chi connectivity index (χ3n) is 4.35. The number of amides is 1. The summed E-state index contributed by atoms with van der Waals surface area (Å²) < 4.78 is 39.6. The molecule has 2 N–H and O–H groups in total. The van der Waals surface area contributed by atoms with Crippen LogP contribution >= 0.6 is 27.3 Å². The molecule has 0 unspecified atom stereocenters. The lowest BCUT2D eigenvalue weighted by molar-refractivity contribution is -0.117. The third-order valence-corrected chi connectivity index (χ3v) is 7.94. The van der Waals surface area contributed by atoms with Crippen molar-refractivity contribution in [2.45, 2.75) is 16.7 Å². The standard InChI is InChI=1S/C20H17BrN2O5S2/c21-18-8-9-19(29-18)30(25,26)23-15(10-13-4-2-1-3-5-13)20(24)22-14-6-7-16-17(11-14)28-12-27-16/h1-9,11,15,23H,10,12H2,(H,22,24)/t15-/m1/s1. The van der Waals surface area contributed by atoms with Crippen molar-refractivity contribution in [3.05, 3.63) is 70.0 Å². The molecule has 0 aliphatic carbocycles. The van der Waals surface area contributed by atoms with Crippen LogP contribution in [0.5, 0.6) is 11.5 Å². The Balaban J connectivity index is 1.57. The number of hydrogen-bond donors (Lipinski definition) is 2. The smallest absolute Gasteiger partial charge is 0.250 e. The van der Waals surface area contributed by atoms with E-state index < -0.39 is 22.0 Å². The van der Waals surface area contributed by atoms with Crippen molar-refractivity contribution in [1.29, 1.82) is 0 Å². The largest absolute Gasteiger partial charge is 0.454 e. The molecular weight excluding hydrogens is 492 g/mol. The van der Waals surface area contributed by atoms with E-state index in [4.69, 9.17) is 9.47 Å². The van der Waals surface area contributed by atoms with Crippen molar-refractivity contribution in [3.8, 4) is 11.5 Å². The Kier molecular flexibility index (Phi) is 6.09. The van der Waals surface area contributed by atoms with E-state index in [1.165, 1.54) is 6.07 Å². The number of nitrogens with one attached hydrogen (secondary N) is 2. The first-order valence-corrected chi connectivity index (χ1v) is 12.0. The van der Waals surface area contributed by atoms with Crippen molar-refractivity contribution >= 4 is 48.9 Å². The predicted octanol–water partition coefficient (Wildman–Crippen LogP) is 3.77. The van der Waals surface area contributed by atoms with Crippen molar-refractivity contribution < 1.29 is 22.7 Å². The van der Waals surface area contributed by atoms with E-state index in [-0.39, 0.29) is 17.4 Å². The van der Waals surface area contributed by atoms with Gasteiger partial charge in [0.1, 0.15) is 10.3 Å². The van der Waals surface area contributed by atoms with Crippen LogP contribution in [0.4, 0.5) is 5.69 Å². The van der Waals surface area contributed by atoms with Gasteiger partial charge in [0.25, 0.3) is 10.0 Å². The molecule has 2 heterocycles. The lowest BCUT2D eigenvalue weighted by Crippen LogP contribution is -2.45. The summed E-state index contributed by atoms with van der Waals surface area (Å²) in [6, 6.07) is 16.4. The molecule has 1 aromatic heterocycles. The molecular formula is C20H17BrN2O5S2. The molecule has 0 saturated heterocycles. The molecule has 0 saturated carbocycles. The minimum Gasteiger partial charge on any atom is -0.454 e. The number of hydrogen-bond acceptors (Lipinski definition) is 6. The number of rotatable bonds is 7. The highest BCUT2D eigenvalue weighted by molar-refractivity contribution is 9.11. The van der Waals surface area contributed by atoms with Crippen molar-refractivity contribution in [3.63, 3.8) is 0 Å². The normalized spacial score (nSPS) is 13.8. The van der Waals surface area contributed by atoms with E-state index >= 15 is 0 Å². The zero-order valence-corrected chi connectivity index (χ0v) is 18.7. The Morgan fingerprint density at radius 3 is 2.57 bits per heavy atom. The molecule has 1 amide bonds. The lowest BCUT2D eigenvalue weighted by Gasteiger charge is -2.18. The van der Waals surface area contributed by atoms with Gasteiger partial charge in [-0.3, -0.25) is 4.79 Å². The van der Waals surface area contributed by atoms with Crippen molar-refractivity contribution in [2.75, 3.05) is 12.1 Å². The SMILES string of the molecule is O=C(Nc1ccc2c(c1)OCO2)[C@@H](Cc1ccccc1)NS(=O)(=O)c1ccc(Br)s1. The van der Waals surface area contributed by atoms with Gasteiger partial charge in [-0.2, -0.15) is 4.72 Å². The van der Waals surface area contributed by atoms with Gasteiger partial charge in [0.2, 0.25) is 12.7 Å². The van der Waals surface area contributed by atoms with Gasteiger partial charge in [-0.1, -0.05) is 30.3 Å². The van der Waals surface area contributed by atoms with Crippen LogP contribution in [-0.4, -0.2) is 27.2 Å². The molecule has 0 radical (unpaired) electrons. The van der Waals surface area contributed by atoms with Crippen molar-refractivity contribution in [1.82, 2.24) is 4.72 Å². The van der Waals surface area contributed by atoms with E-state index in [9.17, 15) is 13.2 Å². The highest BCUT2D eigenvalue weighted by Crippen LogP contribution is 2.34. The molecule has 3 aromatic rings. The van der Waals surface area contributed by atoms with Gasteiger partial charge in [-0.15, -0.1) is 11.3 Å². The summed E-state index contributed by atoms with van der Waals surface area (Å²) in [6.45, 7) is 0.125. The topological polar surface area (TPSA) is 93.7 Å². The first-order valence-electron chi connectivity index (χ1n) is 8.93. The minimum absolute atomic E-state index is 0.125. The molecule has 7 nitrogen and oxygen atoms in total. The Bertz CT molecular complexity index is 1160. The van der Waals surface area contributed by atoms with Gasteiger partial charge < -0.3 is 14.8 Å². The summed E-state index contributed by atoms with van der Waals surface area (Å²) in [4.78, 5) is 13.0. The number of ether oxygens (including phenoxy) is 2. The van der Waals surface area contributed by atoms with Crippen LogP contribution in [-0.2, 0) is 21.2 Å². The molecule has 1 aliphatic rings.